The number of halogens is 2. The maximum Gasteiger partial charge on any atom is 0.252 e. The molecular formula is C13H13BrFNO. The molecule has 1 rings (SSSR count). The number of benzene rings is 1. The molecule has 0 aliphatic rings. The second-order valence-corrected chi connectivity index (χ2v) is 4.47. The highest BCUT2D eigenvalue weighted by molar-refractivity contribution is 9.10. The fourth-order valence-electron chi connectivity index (χ4n) is 1.38. The van der Waals surface area contributed by atoms with Gasteiger partial charge < -0.3 is 5.32 Å². The minimum atomic E-state index is -0.385. The van der Waals surface area contributed by atoms with E-state index in [9.17, 15) is 9.18 Å². The number of terminal acetylenes is 1. The molecule has 1 aromatic rings. The number of carbonyl (C=O) groups is 1. The van der Waals surface area contributed by atoms with Gasteiger partial charge in [0.1, 0.15) is 5.82 Å². The smallest absolute Gasteiger partial charge is 0.252 e. The van der Waals surface area contributed by atoms with E-state index in [0.717, 1.165) is 6.42 Å². The standard InChI is InChI=1S/C13H13BrFNO/c1-3-5-10(4-2)16-13(17)11-7-6-9(15)8-12(11)14/h1,6-8,10H,4-5H2,2H3,(H,16,17). The summed E-state index contributed by atoms with van der Waals surface area (Å²) in [7, 11) is 0. The van der Waals surface area contributed by atoms with Crippen molar-refractivity contribution in [1.82, 2.24) is 5.32 Å². The van der Waals surface area contributed by atoms with Crippen molar-refractivity contribution in [3.8, 4) is 12.3 Å². The molecule has 1 amide bonds. The van der Waals surface area contributed by atoms with E-state index in [2.05, 4.69) is 27.2 Å². The molecule has 0 aliphatic heterocycles. The summed E-state index contributed by atoms with van der Waals surface area (Å²) in [5.74, 6) is 1.88. The minimum absolute atomic E-state index is 0.0514. The Morgan fingerprint density at radius 2 is 2.35 bits per heavy atom. The van der Waals surface area contributed by atoms with Gasteiger partial charge in [-0.2, -0.15) is 0 Å². The maximum atomic E-state index is 12.9. The lowest BCUT2D eigenvalue weighted by Crippen LogP contribution is -2.34. The van der Waals surface area contributed by atoms with Crippen LogP contribution < -0.4 is 5.32 Å². The van der Waals surface area contributed by atoms with E-state index < -0.39 is 0 Å². The van der Waals surface area contributed by atoms with E-state index in [0.29, 0.717) is 16.5 Å². The zero-order valence-electron chi connectivity index (χ0n) is 9.47. The number of hydrogen-bond acceptors (Lipinski definition) is 1. The average molecular weight is 298 g/mol. The summed E-state index contributed by atoms with van der Waals surface area (Å²) in [6.07, 6.45) is 6.45. The molecule has 0 aliphatic carbocycles. The van der Waals surface area contributed by atoms with Crippen LogP contribution >= 0.6 is 15.9 Å². The van der Waals surface area contributed by atoms with Gasteiger partial charge in [-0.1, -0.05) is 6.92 Å². The topological polar surface area (TPSA) is 29.1 Å². The highest BCUT2D eigenvalue weighted by Crippen LogP contribution is 2.18. The number of carbonyl (C=O) groups excluding carboxylic acids is 1. The molecule has 1 atom stereocenters. The first-order chi connectivity index (χ1) is 8.08. The van der Waals surface area contributed by atoms with Crippen LogP contribution in [0.3, 0.4) is 0 Å². The monoisotopic (exact) mass is 297 g/mol. The van der Waals surface area contributed by atoms with Crippen LogP contribution in [0.1, 0.15) is 30.1 Å². The second-order valence-electron chi connectivity index (χ2n) is 3.61. The van der Waals surface area contributed by atoms with Crippen LogP contribution in [0, 0.1) is 18.2 Å². The number of hydrogen-bond donors (Lipinski definition) is 1. The lowest BCUT2D eigenvalue weighted by molar-refractivity contribution is 0.0936. The van der Waals surface area contributed by atoms with Crippen LogP contribution in [0.15, 0.2) is 22.7 Å². The third kappa shape index (κ3) is 3.86. The molecule has 0 heterocycles. The molecular weight excluding hydrogens is 285 g/mol. The Balaban J connectivity index is 2.79. The van der Waals surface area contributed by atoms with Gasteiger partial charge in [-0.15, -0.1) is 12.3 Å². The quantitative estimate of drug-likeness (QED) is 0.850. The Hall–Kier alpha value is -1.34. The second kappa shape index (κ2) is 6.41. The van der Waals surface area contributed by atoms with Crippen LogP contribution in [0.2, 0.25) is 0 Å². The molecule has 0 saturated carbocycles. The predicted molar refractivity (Wildman–Crippen MR) is 69.1 cm³/mol. The predicted octanol–water partition coefficient (Wildman–Crippen LogP) is 3.12. The average Bonchev–Trinajstić information content (AvgIpc) is 2.28. The molecule has 0 aromatic heterocycles. The molecule has 17 heavy (non-hydrogen) atoms. The number of rotatable bonds is 4. The number of amides is 1. The van der Waals surface area contributed by atoms with Crippen LogP contribution in [0.5, 0.6) is 0 Å². The minimum Gasteiger partial charge on any atom is -0.348 e. The lowest BCUT2D eigenvalue weighted by atomic mass is 10.1. The highest BCUT2D eigenvalue weighted by atomic mass is 79.9. The molecule has 2 nitrogen and oxygen atoms in total. The largest absolute Gasteiger partial charge is 0.348 e. The Kier molecular flexibility index (Phi) is 5.17. The van der Waals surface area contributed by atoms with Gasteiger partial charge >= 0.3 is 0 Å². The van der Waals surface area contributed by atoms with Crippen LogP contribution in [-0.4, -0.2) is 11.9 Å². The van der Waals surface area contributed by atoms with Gasteiger partial charge in [0.05, 0.1) is 5.56 Å². The van der Waals surface area contributed by atoms with Crippen molar-refractivity contribution in [3.05, 3.63) is 34.1 Å². The van der Waals surface area contributed by atoms with Crippen molar-refractivity contribution in [2.75, 3.05) is 0 Å². The SMILES string of the molecule is C#CCC(CC)NC(=O)c1ccc(F)cc1Br. The fourth-order valence-corrected chi connectivity index (χ4v) is 1.91. The van der Waals surface area contributed by atoms with Crippen molar-refractivity contribution in [2.45, 2.75) is 25.8 Å². The summed E-state index contributed by atoms with van der Waals surface area (Å²) < 4.78 is 13.3. The van der Waals surface area contributed by atoms with Gasteiger partial charge in [0.25, 0.3) is 5.91 Å². The van der Waals surface area contributed by atoms with Crippen molar-refractivity contribution < 1.29 is 9.18 Å². The van der Waals surface area contributed by atoms with Gasteiger partial charge in [-0.3, -0.25) is 4.79 Å². The molecule has 0 fully saturated rings. The molecule has 0 radical (unpaired) electrons. The number of nitrogens with one attached hydrogen (secondary N) is 1. The Morgan fingerprint density at radius 1 is 1.65 bits per heavy atom. The summed E-state index contributed by atoms with van der Waals surface area (Å²) in [6, 6.07) is 3.90. The molecule has 1 unspecified atom stereocenters. The first-order valence-electron chi connectivity index (χ1n) is 5.27. The first kappa shape index (κ1) is 13.7. The Morgan fingerprint density at radius 3 is 2.88 bits per heavy atom. The third-order valence-corrected chi connectivity index (χ3v) is 3.02. The Labute approximate surface area is 109 Å². The maximum absolute atomic E-state index is 12.9. The van der Waals surface area contributed by atoms with E-state index in [4.69, 9.17) is 6.42 Å². The summed E-state index contributed by atoms with van der Waals surface area (Å²) >= 11 is 3.16. The molecule has 0 saturated heterocycles. The van der Waals surface area contributed by atoms with E-state index in [-0.39, 0.29) is 17.8 Å². The fraction of sp³-hybridized carbons (Fsp3) is 0.308. The zero-order valence-corrected chi connectivity index (χ0v) is 11.1. The van der Waals surface area contributed by atoms with E-state index >= 15 is 0 Å². The third-order valence-electron chi connectivity index (χ3n) is 2.37. The zero-order chi connectivity index (χ0) is 12.8. The summed E-state index contributed by atoms with van der Waals surface area (Å²) in [5.41, 5.74) is 0.405. The van der Waals surface area contributed by atoms with Gasteiger partial charge in [0.2, 0.25) is 0 Å². The van der Waals surface area contributed by atoms with Crippen LogP contribution in [0.4, 0.5) is 4.39 Å². The molecule has 1 N–H and O–H groups in total. The van der Waals surface area contributed by atoms with Crippen molar-refractivity contribution in [1.29, 1.82) is 0 Å². The summed E-state index contributed by atoms with van der Waals surface area (Å²) in [4.78, 5) is 11.9. The van der Waals surface area contributed by atoms with Crippen molar-refractivity contribution in [2.24, 2.45) is 0 Å². The first-order valence-corrected chi connectivity index (χ1v) is 6.07. The Bertz CT molecular complexity index is 453. The van der Waals surface area contributed by atoms with Gasteiger partial charge in [0, 0.05) is 16.9 Å². The van der Waals surface area contributed by atoms with Gasteiger partial charge in [-0.05, 0) is 40.5 Å². The molecule has 0 bridgehead atoms. The van der Waals surface area contributed by atoms with Gasteiger partial charge in [-0.25, -0.2) is 4.39 Å². The molecule has 1 aromatic carbocycles. The van der Waals surface area contributed by atoms with E-state index in [1.807, 2.05) is 6.92 Å². The van der Waals surface area contributed by atoms with Crippen molar-refractivity contribution >= 4 is 21.8 Å². The van der Waals surface area contributed by atoms with E-state index in [1.165, 1.54) is 18.2 Å². The van der Waals surface area contributed by atoms with E-state index in [1.54, 1.807) is 0 Å². The van der Waals surface area contributed by atoms with Crippen LogP contribution in [-0.2, 0) is 0 Å². The highest BCUT2D eigenvalue weighted by Gasteiger charge is 2.14. The molecule has 90 valence electrons. The van der Waals surface area contributed by atoms with Gasteiger partial charge in [0.15, 0.2) is 0 Å². The van der Waals surface area contributed by atoms with Crippen molar-refractivity contribution in [3.63, 3.8) is 0 Å². The molecule has 4 heteroatoms. The summed E-state index contributed by atoms with van der Waals surface area (Å²) in [5, 5.41) is 2.81. The summed E-state index contributed by atoms with van der Waals surface area (Å²) in [6.45, 7) is 1.95. The van der Waals surface area contributed by atoms with Crippen LogP contribution in [0.25, 0.3) is 0 Å². The molecule has 0 spiro atoms. The lowest BCUT2D eigenvalue weighted by Gasteiger charge is -2.14. The normalized spacial score (nSPS) is 11.6.